The van der Waals surface area contributed by atoms with Crippen LogP contribution < -0.4 is 0 Å². The third-order valence-electron chi connectivity index (χ3n) is 1.92. The summed E-state index contributed by atoms with van der Waals surface area (Å²) in [4.78, 5) is 0. The fourth-order valence-corrected chi connectivity index (χ4v) is 1.05. The molecule has 0 fully saturated rings. The first-order chi connectivity index (χ1) is 5.59. The summed E-state index contributed by atoms with van der Waals surface area (Å²) in [6.07, 6.45) is -1.38. The van der Waals surface area contributed by atoms with E-state index in [9.17, 15) is 8.78 Å². The number of hydrogen-bond donors (Lipinski definition) is 1. The molecule has 0 rings (SSSR count). The lowest BCUT2D eigenvalue weighted by Gasteiger charge is -2.16. The van der Waals surface area contributed by atoms with Crippen LogP contribution in [-0.4, -0.2) is 23.6 Å². The molecule has 1 N–H and O–H groups in total. The second kappa shape index (κ2) is 6.35. The van der Waals surface area contributed by atoms with E-state index in [4.69, 9.17) is 5.11 Å². The van der Waals surface area contributed by atoms with Crippen molar-refractivity contribution in [1.82, 2.24) is 0 Å². The van der Waals surface area contributed by atoms with Crippen LogP contribution in [0.3, 0.4) is 0 Å². The molecule has 0 aromatic carbocycles. The zero-order valence-electron chi connectivity index (χ0n) is 7.76. The van der Waals surface area contributed by atoms with Crippen LogP contribution in [0.2, 0.25) is 0 Å². The lowest BCUT2D eigenvalue weighted by molar-refractivity contribution is 0.0146. The minimum atomic E-state index is -1.47. The van der Waals surface area contributed by atoms with Crippen LogP contribution in [0.15, 0.2) is 0 Å². The maximum atomic E-state index is 12.9. The number of aliphatic hydroxyl groups is 1. The summed E-state index contributed by atoms with van der Waals surface area (Å²) in [7, 11) is 0. The second-order valence-corrected chi connectivity index (χ2v) is 3.18. The van der Waals surface area contributed by atoms with Crippen molar-refractivity contribution in [3.8, 4) is 0 Å². The first-order valence-electron chi connectivity index (χ1n) is 4.55. The first kappa shape index (κ1) is 11.8. The fraction of sp³-hybridized carbons (Fsp3) is 1.00. The van der Waals surface area contributed by atoms with Gasteiger partial charge >= 0.3 is 0 Å². The van der Waals surface area contributed by atoms with Gasteiger partial charge in [0.2, 0.25) is 0 Å². The molecule has 0 aromatic rings. The lowest BCUT2D eigenvalue weighted by atomic mass is 10.0. The molecule has 1 nitrogen and oxygen atoms in total. The van der Waals surface area contributed by atoms with Crippen molar-refractivity contribution < 1.29 is 13.9 Å². The highest BCUT2D eigenvalue weighted by molar-refractivity contribution is 4.72. The summed E-state index contributed by atoms with van der Waals surface area (Å²) in [5.74, 6) is 0. The fourth-order valence-electron chi connectivity index (χ4n) is 1.05. The van der Waals surface area contributed by atoms with Crippen LogP contribution in [0.4, 0.5) is 8.78 Å². The Balaban J connectivity index is 3.49. The summed E-state index contributed by atoms with van der Waals surface area (Å²) < 4.78 is 25.2. The lowest BCUT2D eigenvalue weighted by Crippen LogP contribution is -2.30. The third-order valence-corrected chi connectivity index (χ3v) is 1.92. The molecular formula is C9H18F2O. The number of unbranched alkanes of at least 4 members (excludes halogenated alkanes) is 2. The van der Waals surface area contributed by atoms with Crippen molar-refractivity contribution in [2.24, 2.45) is 0 Å². The van der Waals surface area contributed by atoms with Gasteiger partial charge in [0.15, 0.2) is 0 Å². The van der Waals surface area contributed by atoms with E-state index in [1.165, 1.54) is 6.92 Å². The molecule has 0 unspecified atom stereocenters. The van der Waals surface area contributed by atoms with Gasteiger partial charge in [0.05, 0.1) is 0 Å². The van der Waals surface area contributed by atoms with E-state index in [0.29, 0.717) is 0 Å². The van der Waals surface area contributed by atoms with Gasteiger partial charge in [-0.25, -0.2) is 8.78 Å². The van der Waals surface area contributed by atoms with Crippen molar-refractivity contribution in [3.63, 3.8) is 0 Å². The van der Waals surface area contributed by atoms with Gasteiger partial charge in [0, 0.05) is 0 Å². The Labute approximate surface area is 72.8 Å². The van der Waals surface area contributed by atoms with Gasteiger partial charge in [-0.1, -0.05) is 26.2 Å². The summed E-state index contributed by atoms with van der Waals surface area (Å²) in [5, 5.41) is 8.94. The zero-order valence-corrected chi connectivity index (χ0v) is 7.76. The zero-order chi connectivity index (χ0) is 9.56. The molecule has 0 saturated carbocycles. The van der Waals surface area contributed by atoms with E-state index < -0.39 is 18.4 Å². The van der Waals surface area contributed by atoms with Crippen molar-refractivity contribution in [1.29, 1.82) is 0 Å². The van der Waals surface area contributed by atoms with Gasteiger partial charge in [-0.05, 0) is 13.3 Å². The number of hydrogen-bond acceptors (Lipinski definition) is 1. The van der Waals surface area contributed by atoms with Crippen LogP contribution in [0.5, 0.6) is 0 Å². The predicted molar refractivity (Wildman–Crippen MR) is 45.6 cm³/mol. The molecule has 3 atom stereocenters. The van der Waals surface area contributed by atoms with Crippen LogP contribution in [0, 0.1) is 0 Å². The minimum Gasteiger partial charge on any atom is -0.387 e. The number of rotatable bonds is 6. The molecule has 12 heavy (non-hydrogen) atoms. The van der Waals surface area contributed by atoms with E-state index in [1.54, 1.807) is 0 Å². The topological polar surface area (TPSA) is 20.2 Å². The average molecular weight is 180 g/mol. The highest BCUT2D eigenvalue weighted by Crippen LogP contribution is 2.14. The maximum Gasteiger partial charge on any atom is 0.129 e. The molecule has 74 valence electrons. The van der Waals surface area contributed by atoms with E-state index in [-0.39, 0.29) is 6.42 Å². The van der Waals surface area contributed by atoms with Gasteiger partial charge in [-0.2, -0.15) is 0 Å². The summed E-state index contributed by atoms with van der Waals surface area (Å²) in [6, 6.07) is 0. The molecule has 0 heterocycles. The highest BCUT2D eigenvalue weighted by atomic mass is 19.1. The Morgan fingerprint density at radius 1 is 1.25 bits per heavy atom. The molecular weight excluding hydrogens is 162 g/mol. The smallest absolute Gasteiger partial charge is 0.129 e. The molecule has 0 amide bonds. The number of aliphatic hydroxyl groups excluding tert-OH is 1. The van der Waals surface area contributed by atoms with Gasteiger partial charge in [-0.3, -0.25) is 0 Å². The van der Waals surface area contributed by atoms with Crippen LogP contribution in [-0.2, 0) is 0 Å². The normalized spacial score (nSPS) is 18.8. The molecule has 0 aromatic heterocycles. The quantitative estimate of drug-likeness (QED) is 0.623. The van der Waals surface area contributed by atoms with Crippen molar-refractivity contribution >= 4 is 0 Å². The third kappa shape index (κ3) is 4.65. The monoisotopic (exact) mass is 180 g/mol. The Bertz CT molecular complexity index is 107. The molecule has 0 spiro atoms. The second-order valence-electron chi connectivity index (χ2n) is 3.18. The van der Waals surface area contributed by atoms with E-state index in [0.717, 1.165) is 19.3 Å². The number of halogens is 2. The SMILES string of the molecule is CCCCC[C@@H](F)[C@@H](O)[C@@H](C)F. The van der Waals surface area contributed by atoms with Crippen molar-refractivity contribution in [3.05, 3.63) is 0 Å². The summed E-state index contributed by atoms with van der Waals surface area (Å²) >= 11 is 0. The molecule has 0 radical (unpaired) electrons. The van der Waals surface area contributed by atoms with E-state index in [2.05, 4.69) is 0 Å². The van der Waals surface area contributed by atoms with Gasteiger partial charge in [-0.15, -0.1) is 0 Å². The maximum absolute atomic E-state index is 12.9. The molecule has 0 aliphatic carbocycles. The van der Waals surface area contributed by atoms with E-state index in [1.807, 2.05) is 6.92 Å². The molecule has 0 saturated heterocycles. The first-order valence-corrected chi connectivity index (χ1v) is 4.55. The minimum absolute atomic E-state index is 0.267. The largest absolute Gasteiger partial charge is 0.387 e. The van der Waals surface area contributed by atoms with Gasteiger partial charge < -0.3 is 5.11 Å². The summed E-state index contributed by atoms with van der Waals surface area (Å²) in [6.45, 7) is 3.19. The van der Waals surface area contributed by atoms with Crippen LogP contribution in [0.1, 0.15) is 39.5 Å². The highest BCUT2D eigenvalue weighted by Gasteiger charge is 2.23. The van der Waals surface area contributed by atoms with Crippen LogP contribution in [0.25, 0.3) is 0 Å². The van der Waals surface area contributed by atoms with Crippen molar-refractivity contribution in [2.45, 2.75) is 58.0 Å². The molecule has 0 aliphatic rings. The number of alkyl halides is 2. The molecule has 0 bridgehead atoms. The predicted octanol–water partition coefficient (Wildman–Crippen LogP) is 2.62. The summed E-state index contributed by atoms with van der Waals surface area (Å²) in [5.41, 5.74) is 0. The van der Waals surface area contributed by atoms with Gasteiger partial charge in [0.25, 0.3) is 0 Å². The Hall–Kier alpha value is -0.180. The Kier molecular flexibility index (Phi) is 6.25. The average Bonchev–Trinajstić information content (AvgIpc) is 2.03. The van der Waals surface area contributed by atoms with Crippen molar-refractivity contribution in [2.75, 3.05) is 0 Å². The van der Waals surface area contributed by atoms with E-state index >= 15 is 0 Å². The van der Waals surface area contributed by atoms with Crippen LogP contribution >= 0.6 is 0 Å². The molecule has 0 aliphatic heterocycles. The Morgan fingerprint density at radius 2 is 1.83 bits per heavy atom. The standard InChI is InChI=1S/C9H18F2O/c1-3-4-5-6-8(11)9(12)7(2)10/h7-9,12H,3-6H2,1-2H3/t7-,8-,9+/m1/s1. The van der Waals surface area contributed by atoms with Gasteiger partial charge in [0.1, 0.15) is 18.4 Å². The molecule has 3 heteroatoms. The Morgan fingerprint density at radius 3 is 2.25 bits per heavy atom.